The zero-order valence-electron chi connectivity index (χ0n) is 25.6. The lowest BCUT2D eigenvalue weighted by Gasteiger charge is -2.30. The van der Waals surface area contributed by atoms with Crippen LogP contribution in [-0.2, 0) is 0 Å². The quantitative estimate of drug-likeness (QED) is 0.232. The van der Waals surface area contributed by atoms with Crippen LogP contribution in [0.3, 0.4) is 0 Å². The van der Waals surface area contributed by atoms with Crippen LogP contribution in [-0.4, -0.2) is 36.9 Å². The topological polar surface area (TPSA) is 35.0 Å². The van der Waals surface area contributed by atoms with E-state index in [0.29, 0.717) is 0 Å². The SMILES string of the molecule is Cc1cc(N2N=C(C=Cc3ccc(N4CCCCC4)cc3)C(C)C2c2ccc(N3CCCCC3)cc2)nc2ccccc12. The number of hydrogen-bond donors (Lipinski definition) is 0. The second-order valence-corrected chi connectivity index (χ2v) is 12.5. The third kappa shape index (κ3) is 5.78. The first kappa shape index (κ1) is 27.7. The van der Waals surface area contributed by atoms with Crippen molar-refractivity contribution in [3.63, 3.8) is 0 Å². The van der Waals surface area contributed by atoms with Crippen LogP contribution in [0.15, 0.2) is 90.0 Å². The van der Waals surface area contributed by atoms with Gasteiger partial charge in [-0.15, -0.1) is 0 Å². The summed E-state index contributed by atoms with van der Waals surface area (Å²) in [6.45, 7) is 9.13. The van der Waals surface area contributed by atoms with Crippen LogP contribution in [0.25, 0.3) is 17.0 Å². The normalized spacial score (nSPS) is 21.2. The minimum atomic E-state index is 0.0737. The van der Waals surface area contributed by atoms with Crippen molar-refractivity contribution in [2.45, 2.75) is 58.4 Å². The third-order valence-electron chi connectivity index (χ3n) is 9.59. The first-order chi connectivity index (χ1) is 21.1. The highest BCUT2D eigenvalue weighted by Crippen LogP contribution is 2.40. The van der Waals surface area contributed by atoms with Crippen LogP contribution in [0.5, 0.6) is 0 Å². The first-order valence-electron chi connectivity index (χ1n) is 16.3. The van der Waals surface area contributed by atoms with Gasteiger partial charge in [0.1, 0.15) is 5.82 Å². The van der Waals surface area contributed by atoms with Gasteiger partial charge in [-0.05, 0) is 105 Å². The standard InChI is InChI=1S/C38H43N5/c1-28-27-37(39-36-12-6-5-11-34(28)36)43-38(31-16-20-33(21-17-31)42-25-9-4-10-26-42)29(2)35(40-43)22-15-30-13-18-32(19-14-30)41-23-7-3-8-24-41/h5-6,11-22,27,29,38H,3-4,7-10,23-26H2,1-2H3. The van der Waals surface area contributed by atoms with Gasteiger partial charge in [-0.1, -0.05) is 55.5 Å². The van der Waals surface area contributed by atoms with Crippen LogP contribution in [0.4, 0.5) is 17.2 Å². The Kier molecular flexibility index (Phi) is 7.88. The fourth-order valence-corrected chi connectivity index (χ4v) is 7.07. The molecule has 2 saturated heterocycles. The Bertz CT molecular complexity index is 1610. The summed E-state index contributed by atoms with van der Waals surface area (Å²) < 4.78 is 0. The molecule has 0 saturated carbocycles. The van der Waals surface area contributed by atoms with E-state index in [1.807, 2.05) is 0 Å². The maximum Gasteiger partial charge on any atom is 0.150 e. The van der Waals surface area contributed by atoms with Crippen molar-refractivity contribution in [3.05, 3.63) is 102 Å². The molecule has 3 aliphatic heterocycles. The molecule has 43 heavy (non-hydrogen) atoms. The largest absolute Gasteiger partial charge is 0.372 e. The molecule has 1 aromatic heterocycles. The molecule has 0 spiro atoms. The molecule has 0 N–H and O–H groups in total. The van der Waals surface area contributed by atoms with Gasteiger partial charge in [-0.3, -0.25) is 0 Å². The number of aromatic nitrogens is 1. The molecule has 220 valence electrons. The van der Waals surface area contributed by atoms with Crippen LogP contribution >= 0.6 is 0 Å². The van der Waals surface area contributed by atoms with Crippen molar-refractivity contribution >= 4 is 39.9 Å². The number of hydrazone groups is 1. The van der Waals surface area contributed by atoms with Gasteiger partial charge in [0.25, 0.3) is 0 Å². The third-order valence-corrected chi connectivity index (χ3v) is 9.59. The summed E-state index contributed by atoms with van der Waals surface area (Å²) in [5.74, 6) is 1.11. The summed E-state index contributed by atoms with van der Waals surface area (Å²) >= 11 is 0. The lowest BCUT2D eigenvalue weighted by molar-refractivity contribution is 0.575. The van der Waals surface area contributed by atoms with Gasteiger partial charge in [-0.2, -0.15) is 5.10 Å². The maximum atomic E-state index is 5.25. The number of para-hydroxylation sites is 1. The van der Waals surface area contributed by atoms with Gasteiger partial charge in [0.2, 0.25) is 0 Å². The fraction of sp³-hybridized carbons (Fsp3) is 0.368. The van der Waals surface area contributed by atoms with Gasteiger partial charge in [0.15, 0.2) is 0 Å². The lowest BCUT2D eigenvalue weighted by atomic mass is 9.90. The number of nitrogens with zero attached hydrogens (tertiary/aromatic N) is 5. The molecular weight excluding hydrogens is 526 g/mol. The van der Waals surface area contributed by atoms with Crippen LogP contribution < -0.4 is 14.8 Å². The summed E-state index contributed by atoms with van der Waals surface area (Å²) in [6.07, 6.45) is 12.3. The minimum Gasteiger partial charge on any atom is -0.372 e. The van der Waals surface area contributed by atoms with Crippen molar-refractivity contribution in [1.82, 2.24) is 4.98 Å². The number of anilines is 3. The predicted molar refractivity (Wildman–Crippen MR) is 182 cm³/mol. The smallest absolute Gasteiger partial charge is 0.150 e. The van der Waals surface area contributed by atoms with Crippen LogP contribution in [0.2, 0.25) is 0 Å². The highest BCUT2D eigenvalue weighted by molar-refractivity contribution is 6.02. The second kappa shape index (κ2) is 12.2. The molecule has 7 rings (SSSR count). The van der Waals surface area contributed by atoms with Crippen molar-refractivity contribution < 1.29 is 0 Å². The molecule has 3 aliphatic rings. The van der Waals surface area contributed by atoms with E-state index in [-0.39, 0.29) is 12.0 Å². The number of rotatable bonds is 6. The molecule has 0 bridgehead atoms. The molecule has 2 unspecified atom stereocenters. The summed E-state index contributed by atoms with van der Waals surface area (Å²) in [7, 11) is 0. The second-order valence-electron chi connectivity index (χ2n) is 12.5. The molecule has 2 atom stereocenters. The molecule has 4 aromatic rings. The van der Waals surface area contributed by atoms with Crippen molar-refractivity contribution in [2.75, 3.05) is 41.0 Å². The average molecular weight is 570 g/mol. The Labute approximate surface area is 256 Å². The zero-order chi connectivity index (χ0) is 29.2. The molecule has 0 aliphatic carbocycles. The number of pyridine rings is 1. The highest BCUT2D eigenvalue weighted by Gasteiger charge is 2.36. The zero-order valence-corrected chi connectivity index (χ0v) is 25.6. The van der Waals surface area contributed by atoms with E-state index in [1.54, 1.807) is 0 Å². The van der Waals surface area contributed by atoms with Gasteiger partial charge < -0.3 is 9.80 Å². The number of piperidine rings is 2. The minimum absolute atomic E-state index is 0.0737. The Morgan fingerprint density at radius 3 is 1.95 bits per heavy atom. The fourth-order valence-electron chi connectivity index (χ4n) is 7.07. The average Bonchev–Trinajstić information content (AvgIpc) is 3.40. The predicted octanol–water partition coefficient (Wildman–Crippen LogP) is 8.79. The van der Waals surface area contributed by atoms with E-state index < -0.39 is 0 Å². The number of aryl methyl sites for hydroxylation is 1. The number of allylic oxidation sites excluding steroid dienone is 1. The summed E-state index contributed by atoms with van der Waals surface area (Å²) in [4.78, 5) is 10.1. The summed E-state index contributed by atoms with van der Waals surface area (Å²) in [5, 5.41) is 8.60. The monoisotopic (exact) mass is 569 g/mol. The maximum absolute atomic E-state index is 5.25. The number of fused-ring (bicyclic) bond motifs is 1. The Hall–Kier alpha value is -4.12. The van der Waals surface area contributed by atoms with Crippen molar-refractivity contribution in [3.8, 4) is 0 Å². The summed E-state index contributed by atoms with van der Waals surface area (Å²) in [6, 6.07) is 28.9. The number of benzene rings is 3. The number of hydrogen-bond acceptors (Lipinski definition) is 5. The van der Waals surface area contributed by atoms with Crippen molar-refractivity contribution in [2.24, 2.45) is 11.0 Å². The van der Waals surface area contributed by atoms with Gasteiger partial charge in [0.05, 0.1) is 17.3 Å². The molecular formula is C38H43N5. The van der Waals surface area contributed by atoms with E-state index in [0.717, 1.165) is 30.1 Å². The van der Waals surface area contributed by atoms with E-state index >= 15 is 0 Å². The van der Waals surface area contributed by atoms with E-state index in [2.05, 4.69) is 120 Å². The molecule has 4 heterocycles. The molecule has 2 fully saturated rings. The van der Waals surface area contributed by atoms with E-state index in [9.17, 15) is 0 Å². The van der Waals surface area contributed by atoms with Crippen LogP contribution in [0.1, 0.15) is 68.2 Å². The Morgan fingerprint density at radius 2 is 1.30 bits per heavy atom. The van der Waals surface area contributed by atoms with Gasteiger partial charge in [-0.25, -0.2) is 9.99 Å². The Morgan fingerprint density at radius 1 is 0.698 bits per heavy atom. The first-order valence-corrected chi connectivity index (χ1v) is 16.3. The molecule has 5 nitrogen and oxygen atoms in total. The molecule has 0 amide bonds. The lowest BCUT2D eigenvalue weighted by Crippen LogP contribution is -2.29. The molecule has 5 heteroatoms. The molecule has 0 radical (unpaired) electrons. The van der Waals surface area contributed by atoms with E-state index in [4.69, 9.17) is 10.1 Å². The Balaban J connectivity index is 1.19. The van der Waals surface area contributed by atoms with Gasteiger partial charge >= 0.3 is 0 Å². The van der Waals surface area contributed by atoms with Gasteiger partial charge in [0, 0.05) is 48.9 Å². The van der Waals surface area contributed by atoms with Crippen molar-refractivity contribution in [1.29, 1.82) is 0 Å². The van der Waals surface area contributed by atoms with E-state index in [1.165, 1.54) is 85.1 Å². The molecule has 3 aromatic carbocycles. The van der Waals surface area contributed by atoms with Crippen LogP contribution in [0, 0.1) is 12.8 Å². The highest BCUT2D eigenvalue weighted by atomic mass is 15.5. The summed E-state index contributed by atoms with van der Waals surface area (Å²) in [5.41, 5.74) is 8.46.